The average molecular weight is 399 g/mol. The zero-order valence-corrected chi connectivity index (χ0v) is 16.3. The molecule has 0 bridgehead atoms. The number of aromatic nitrogens is 4. The van der Waals surface area contributed by atoms with Gasteiger partial charge in [0.2, 0.25) is 0 Å². The maximum absolute atomic E-state index is 12.4. The van der Waals surface area contributed by atoms with Crippen LogP contribution in [0.2, 0.25) is 0 Å². The first-order valence-corrected chi connectivity index (χ1v) is 9.85. The smallest absolute Gasteiger partial charge is 0.319 e. The van der Waals surface area contributed by atoms with E-state index in [1.807, 2.05) is 25.1 Å². The molecule has 10 heteroatoms. The number of hydrogen-bond acceptors (Lipinski definition) is 6. The molecule has 3 N–H and O–H groups in total. The molecule has 1 aromatic carbocycles. The van der Waals surface area contributed by atoms with Crippen LogP contribution in [0.3, 0.4) is 0 Å². The molecule has 2 amide bonds. The quantitative estimate of drug-likeness (QED) is 0.613. The number of amides is 2. The molecule has 0 atom stereocenters. The normalized spacial score (nSPS) is 20.9. The van der Waals surface area contributed by atoms with Crippen molar-refractivity contribution in [2.24, 2.45) is 5.92 Å². The summed E-state index contributed by atoms with van der Waals surface area (Å²) in [5.41, 5.74) is 2.43. The highest BCUT2D eigenvalue weighted by molar-refractivity contribution is 5.90. The number of aryl methyl sites for hydroxylation is 1. The summed E-state index contributed by atoms with van der Waals surface area (Å²) in [6.45, 7) is 2.86. The first-order chi connectivity index (χ1) is 14.0. The van der Waals surface area contributed by atoms with E-state index in [1.165, 1.54) is 19.2 Å². The summed E-state index contributed by atoms with van der Waals surface area (Å²) in [5, 5.41) is 26.1. The number of urea groups is 1. The Bertz CT molecular complexity index is 876. The minimum Gasteiger partial charge on any atom is -0.480 e. The number of aliphatic carboxylic acids is 1. The molecule has 29 heavy (non-hydrogen) atoms. The molecule has 10 nitrogen and oxygen atoms in total. The van der Waals surface area contributed by atoms with Gasteiger partial charge in [-0.05, 0) is 66.6 Å². The molecule has 0 radical (unpaired) electrons. The zero-order valence-electron chi connectivity index (χ0n) is 16.3. The predicted octanol–water partition coefficient (Wildman–Crippen LogP) is 1.42. The van der Waals surface area contributed by atoms with E-state index in [1.54, 1.807) is 4.68 Å². The molecule has 154 valence electrons. The standard InChI is InChI=1S/C19H25N7O3/c1-12-2-5-14(8-17(12)26-11-20-23-24-26)21-19(29)22-15-6-16(7-15)25(10-18(27)28)9-13-3-4-13/h2,5,8,11,13,15-16H,3-4,6-7,9-10H2,1H3,(H,27,28)(H2,21,22,29). The van der Waals surface area contributed by atoms with Crippen molar-refractivity contribution in [1.29, 1.82) is 0 Å². The third-order valence-electron chi connectivity index (χ3n) is 5.56. The lowest BCUT2D eigenvalue weighted by atomic mass is 9.85. The van der Waals surface area contributed by atoms with E-state index < -0.39 is 5.97 Å². The summed E-state index contributed by atoms with van der Waals surface area (Å²) in [7, 11) is 0. The zero-order chi connectivity index (χ0) is 20.4. The second-order valence-corrected chi connectivity index (χ2v) is 7.94. The number of carboxylic acids is 1. The number of carboxylic acid groups (broad SMARTS) is 1. The van der Waals surface area contributed by atoms with Crippen molar-refractivity contribution in [1.82, 2.24) is 30.4 Å². The van der Waals surface area contributed by atoms with Crippen LogP contribution in [-0.2, 0) is 4.79 Å². The first-order valence-electron chi connectivity index (χ1n) is 9.85. The molecule has 2 aromatic rings. The van der Waals surface area contributed by atoms with E-state index in [2.05, 4.69) is 31.1 Å². The lowest BCUT2D eigenvalue weighted by Crippen LogP contribution is -2.55. The van der Waals surface area contributed by atoms with E-state index >= 15 is 0 Å². The fourth-order valence-corrected chi connectivity index (χ4v) is 3.71. The number of anilines is 1. The van der Waals surface area contributed by atoms with E-state index in [9.17, 15) is 9.59 Å². The van der Waals surface area contributed by atoms with Gasteiger partial charge in [-0.15, -0.1) is 5.10 Å². The van der Waals surface area contributed by atoms with Crippen LogP contribution in [0.25, 0.3) is 5.69 Å². The SMILES string of the molecule is Cc1ccc(NC(=O)NC2CC(N(CC(=O)O)CC3CC3)C2)cc1-n1cnnn1. The lowest BCUT2D eigenvalue weighted by Gasteiger charge is -2.42. The van der Waals surface area contributed by atoms with Gasteiger partial charge < -0.3 is 15.7 Å². The molecule has 0 unspecified atom stereocenters. The predicted molar refractivity (Wildman–Crippen MR) is 105 cm³/mol. The van der Waals surface area contributed by atoms with E-state index in [4.69, 9.17) is 5.11 Å². The number of tetrazole rings is 1. The van der Waals surface area contributed by atoms with Gasteiger partial charge in [0.1, 0.15) is 6.33 Å². The lowest BCUT2D eigenvalue weighted by molar-refractivity contribution is -0.139. The van der Waals surface area contributed by atoms with Crippen LogP contribution in [-0.4, -0.2) is 67.4 Å². The Labute approximate surface area is 168 Å². The van der Waals surface area contributed by atoms with E-state index in [0.717, 1.165) is 30.6 Å². The van der Waals surface area contributed by atoms with Crippen molar-refractivity contribution < 1.29 is 14.7 Å². The minimum absolute atomic E-state index is 0.0555. The van der Waals surface area contributed by atoms with E-state index in [-0.39, 0.29) is 24.7 Å². The summed E-state index contributed by atoms with van der Waals surface area (Å²) in [6.07, 6.45) is 5.44. The number of rotatable bonds is 8. The van der Waals surface area contributed by atoms with Crippen LogP contribution >= 0.6 is 0 Å². The van der Waals surface area contributed by atoms with Crippen molar-refractivity contribution >= 4 is 17.7 Å². The number of carbonyl (C=O) groups is 2. The van der Waals surface area contributed by atoms with E-state index in [0.29, 0.717) is 11.6 Å². The Morgan fingerprint density at radius 1 is 1.31 bits per heavy atom. The monoisotopic (exact) mass is 399 g/mol. The second-order valence-electron chi connectivity index (χ2n) is 7.94. The van der Waals surface area contributed by atoms with Gasteiger partial charge in [-0.1, -0.05) is 6.07 Å². The average Bonchev–Trinajstić information content (AvgIpc) is 3.28. The fraction of sp³-hybridized carbons (Fsp3) is 0.526. The Hall–Kier alpha value is -3.01. The van der Waals surface area contributed by atoms with Gasteiger partial charge in [-0.25, -0.2) is 9.48 Å². The highest BCUT2D eigenvalue weighted by atomic mass is 16.4. The molecular formula is C19H25N7O3. The van der Waals surface area contributed by atoms with Gasteiger partial charge in [0.25, 0.3) is 0 Å². The summed E-state index contributed by atoms with van der Waals surface area (Å²) in [5.74, 6) is -0.155. The van der Waals surface area contributed by atoms with Gasteiger partial charge in [-0.3, -0.25) is 9.69 Å². The topological polar surface area (TPSA) is 125 Å². The summed E-state index contributed by atoms with van der Waals surface area (Å²) in [6, 6.07) is 5.55. The van der Waals surface area contributed by atoms with Crippen molar-refractivity contribution in [3.8, 4) is 5.69 Å². The molecule has 1 heterocycles. The molecule has 2 aliphatic carbocycles. The number of nitrogens with one attached hydrogen (secondary N) is 2. The Morgan fingerprint density at radius 3 is 2.76 bits per heavy atom. The third kappa shape index (κ3) is 4.89. The van der Waals surface area contributed by atoms with Crippen LogP contribution in [0.5, 0.6) is 0 Å². The minimum atomic E-state index is -0.794. The van der Waals surface area contributed by atoms with Crippen LogP contribution < -0.4 is 10.6 Å². The Balaban J connectivity index is 1.28. The van der Waals surface area contributed by atoms with Gasteiger partial charge >= 0.3 is 12.0 Å². The highest BCUT2D eigenvalue weighted by Gasteiger charge is 2.37. The fourth-order valence-electron chi connectivity index (χ4n) is 3.71. The number of benzene rings is 1. The Morgan fingerprint density at radius 2 is 2.10 bits per heavy atom. The summed E-state index contributed by atoms with van der Waals surface area (Å²) >= 11 is 0. The van der Waals surface area contributed by atoms with Gasteiger partial charge in [0.15, 0.2) is 0 Å². The molecule has 2 fully saturated rings. The van der Waals surface area contributed by atoms with Crippen LogP contribution in [0.15, 0.2) is 24.5 Å². The maximum atomic E-state index is 12.4. The van der Waals surface area contributed by atoms with Gasteiger partial charge in [0.05, 0.1) is 12.2 Å². The van der Waals surface area contributed by atoms with Crippen molar-refractivity contribution in [3.63, 3.8) is 0 Å². The van der Waals surface area contributed by atoms with Gasteiger partial charge in [0, 0.05) is 24.3 Å². The van der Waals surface area contributed by atoms with Crippen LogP contribution in [0, 0.1) is 12.8 Å². The Kier molecular flexibility index (Phi) is 5.43. The number of carbonyl (C=O) groups excluding carboxylic acids is 1. The van der Waals surface area contributed by atoms with Crippen molar-refractivity contribution in [2.75, 3.05) is 18.4 Å². The molecular weight excluding hydrogens is 374 g/mol. The number of nitrogens with zero attached hydrogens (tertiary/aromatic N) is 5. The van der Waals surface area contributed by atoms with Crippen molar-refractivity contribution in [2.45, 2.75) is 44.7 Å². The molecule has 0 saturated heterocycles. The molecule has 0 aliphatic heterocycles. The summed E-state index contributed by atoms with van der Waals surface area (Å²) in [4.78, 5) is 25.5. The molecule has 1 aromatic heterocycles. The number of hydrogen-bond donors (Lipinski definition) is 3. The molecule has 2 aliphatic rings. The third-order valence-corrected chi connectivity index (χ3v) is 5.56. The first kappa shape index (κ1) is 19.3. The molecule has 2 saturated carbocycles. The summed E-state index contributed by atoms with van der Waals surface area (Å²) < 4.78 is 1.55. The maximum Gasteiger partial charge on any atom is 0.319 e. The van der Waals surface area contributed by atoms with Crippen LogP contribution in [0.4, 0.5) is 10.5 Å². The van der Waals surface area contributed by atoms with Crippen LogP contribution in [0.1, 0.15) is 31.2 Å². The van der Waals surface area contributed by atoms with Crippen molar-refractivity contribution in [3.05, 3.63) is 30.1 Å². The van der Waals surface area contributed by atoms with Gasteiger partial charge in [-0.2, -0.15) is 0 Å². The second kappa shape index (κ2) is 8.16. The molecule has 0 spiro atoms. The largest absolute Gasteiger partial charge is 0.480 e. The highest BCUT2D eigenvalue weighted by Crippen LogP contribution is 2.33. The molecule has 4 rings (SSSR count).